The molecule has 2 N–H and O–H groups in total. The molecule has 5 aliphatic carbocycles. The van der Waals surface area contributed by atoms with Crippen LogP contribution in [0.1, 0.15) is 105 Å². The van der Waals surface area contributed by atoms with Gasteiger partial charge >= 0.3 is 0 Å². The van der Waals surface area contributed by atoms with E-state index in [2.05, 4.69) is 40.0 Å². The summed E-state index contributed by atoms with van der Waals surface area (Å²) in [6.45, 7) is 12.4. The van der Waals surface area contributed by atoms with Crippen LogP contribution < -0.4 is 0 Å². The van der Waals surface area contributed by atoms with Gasteiger partial charge in [0.1, 0.15) is 0 Å². The minimum absolute atomic E-state index is 0.0762. The summed E-state index contributed by atoms with van der Waals surface area (Å²) in [4.78, 5) is 0. The predicted octanol–water partition coefficient (Wildman–Crippen LogP) is 6.44. The van der Waals surface area contributed by atoms with Gasteiger partial charge in [-0.3, -0.25) is 0 Å². The topological polar surface area (TPSA) is 40.5 Å². The van der Waals surface area contributed by atoms with E-state index in [-0.39, 0.29) is 11.5 Å². The van der Waals surface area contributed by atoms with Gasteiger partial charge in [-0.1, -0.05) is 34.1 Å². The van der Waals surface area contributed by atoms with Crippen LogP contribution in [0.3, 0.4) is 0 Å². The number of terminal acetylenes is 1. The summed E-state index contributed by atoms with van der Waals surface area (Å²) in [7, 11) is 0. The van der Waals surface area contributed by atoms with Gasteiger partial charge in [-0.2, -0.15) is 0 Å². The number of hydrogen-bond acceptors (Lipinski definition) is 2. The van der Waals surface area contributed by atoms with Crippen LogP contribution in [0.15, 0.2) is 0 Å². The zero-order valence-corrected chi connectivity index (χ0v) is 20.9. The molecule has 5 fully saturated rings. The Morgan fingerprint density at radius 3 is 2.23 bits per heavy atom. The minimum Gasteiger partial charge on any atom is -0.396 e. The fraction of sp³-hybridized carbons (Fsp3) is 0.931. The Labute approximate surface area is 192 Å². The smallest absolute Gasteiger partial charge is 0.0568 e. The standard InChI is InChI=1S/C26H44O2.C3H4/c1-17-18-9-13-25(4)22(23(18,2)12-10-21(17)28)8-7-19-20-6-5-11-26(20,16-27)15-14-24(19,25)3;1-3-2/h17-22,27-28H,5-16H2,1-4H3;1H,2H3/t17?,18?,19?,20?,21?,22?,23?,24-,25?,26?;/m1./s1. The average Bonchev–Trinajstić information content (AvgIpc) is 3.17. The number of fused-ring (bicyclic) bond motifs is 7. The van der Waals surface area contributed by atoms with Crippen LogP contribution in [0.5, 0.6) is 0 Å². The van der Waals surface area contributed by atoms with E-state index in [1.807, 2.05) is 0 Å². The molecule has 2 heteroatoms. The Morgan fingerprint density at radius 1 is 0.839 bits per heavy atom. The zero-order chi connectivity index (χ0) is 22.7. The van der Waals surface area contributed by atoms with Gasteiger partial charge in [-0.25, -0.2) is 0 Å². The van der Waals surface area contributed by atoms with Crippen molar-refractivity contribution in [1.82, 2.24) is 0 Å². The van der Waals surface area contributed by atoms with Gasteiger partial charge in [0, 0.05) is 6.61 Å². The first kappa shape index (κ1) is 23.6. The van der Waals surface area contributed by atoms with Gasteiger partial charge in [-0.05, 0) is 122 Å². The monoisotopic (exact) mass is 428 g/mol. The second kappa shape index (κ2) is 8.06. The van der Waals surface area contributed by atoms with Crippen LogP contribution >= 0.6 is 0 Å². The van der Waals surface area contributed by atoms with E-state index < -0.39 is 0 Å². The molecular weight excluding hydrogens is 380 g/mol. The fourth-order valence-electron chi connectivity index (χ4n) is 10.6. The molecule has 0 heterocycles. The second-order valence-corrected chi connectivity index (χ2v) is 13.0. The van der Waals surface area contributed by atoms with Crippen molar-refractivity contribution in [2.45, 2.75) is 111 Å². The van der Waals surface area contributed by atoms with Crippen LogP contribution in [0, 0.1) is 63.6 Å². The molecule has 0 amide bonds. The first-order valence-corrected chi connectivity index (χ1v) is 13.3. The normalized spacial score (nSPS) is 55.4. The molecule has 5 aliphatic rings. The molecule has 0 radical (unpaired) electrons. The zero-order valence-electron chi connectivity index (χ0n) is 20.9. The van der Waals surface area contributed by atoms with Crippen LogP contribution in [-0.2, 0) is 0 Å². The van der Waals surface area contributed by atoms with E-state index >= 15 is 0 Å². The van der Waals surface area contributed by atoms with Crippen molar-refractivity contribution in [2.75, 3.05) is 6.61 Å². The maximum absolute atomic E-state index is 10.6. The Bertz CT molecular complexity index is 710. The first-order valence-electron chi connectivity index (χ1n) is 13.3. The van der Waals surface area contributed by atoms with Gasteiger partial charge < -0.3 is 10.2 Å². The van der Waals surface area contributed by atoms with Crippen molar-refractivity contribution in [3.63, 3.8) is 0 Å². The SMILES string of the molecule is C#CC.CC1C(O)CCC2(C)C1CCC1(C)C2CCC2C3CCCC3(CO)CC[C@]21C. The molecular formula is C29H48O2. The van der Waals surface area contributed by atoms with Crippen molar-refractivity contribution in [3.8, 4) is 12.3 Å². The molecule has 31 heavy (non-hydrogen) atoms. The molecule has 0 aliphatic heterocycles. The lowest BCUT2D eigenvalue weighted by molar-refractivity contribution is -0.235. The Morgan fingerprint density at radius 2 is 1.55 bits per heavy atom. The molecule has 2 nitrogen and oxygen atoms in total. The molecule has 176 valence electrons. The summed E-state index contributed by atoms with van der Waals surface area (Å²) in [5.74, 6) is 5.84. The van der Waals surface area contributed by atoms with Gasteiger partial charge in [0.15, 0.2) is 0 Å². The summed E-state index contributed by atoms with van der Waals surface area (Å²) in [6, 6.07) is 0. The number of hydrogen-bond donors (Lipinski definition) is 2. The highest BCUT2D eigenvalue weighted by Crippen LogP contribution is 2.75. The summed E-state index contributed by atoms with van der Waals surface area (Å²) < 4.78 is 0. The van der Waals surface area contributed by atoms with Crippen molar-refractivity contribution in [2.24, 2.45) is 51.2 Å². The lowest BCUT2D eigenvalue weighted by atomic mass is 9.33. The third-order valence-corrected chi connectivity index (χ3v) is 12.4. The molecule has 0 aromatic carbocycles. The van der Waals surface area contributed by atoms with Crippen LogP contribution in [-0.4, -0.2) is 22.9 Å². The van der Waals surface area contributed by atoms with E-state index in [4.69, 9.17) is 0 Å². The molecule has 0 spiro atoms. The van der Waals surface area contributed by atoms with Crippen molar-refractivity contribution >= 4 is 0 Å². The van der Waals surface area contributed by atoms with Crippen LogP contribution in [0.2, 0.25) is 0 Å². The molecule has 0 aromatic rings. The minimum atomic E-state index is -0.0762. The van der Waals surface area contributed by atoms with Crippen molar-refractivity contribution < 1.29 is 10.2 Å². The fourth-order valence-corrected chi connectivity index (χ4v) is 10.6. The largest absolute Gasteiger partial charge is 0.396 e. The first-order chi connectivity index (χ1) is 14.6. The predicted molar refractivity (Wildman–Crippen MR) is 128 cm³/mol. The third kappa shape index (κ3) is 3.12. The lowest BCUT2D eigenvalue weighted by Crippen LogP contribution is -2.65. The maximum atomic E-state index is 10.6. The Kier molecular flexibility index (Phi) is 6.14. The Hall–Kier alpha value is -0.520. The lowest BCUT2D eigenvalue weighted by Gasteiger charge is -2.71. The van der Waals surface area contributed by atoms with E-state index in [0.29, 0.717) is 34.7 Å². The molecule has 0 bridgehead atoms. The number of aliphatic hydroxyl groups excluding tert-OH is 2. The molecule has 0 aromatic heterocycles. The molecule has 5 rings (SSSR count). The number of rotatable bonds is 1. The molecule has 0 saturated heterocycles. The van der Waals surface area contributed by atoms with Crippen LogP contribution in [0.25, 0.3) is 0 Å². The highest BCUT2D eigenvalue weighted by molar-refractivity contribution is 5.17. The maximum Gasteiger partial charge on any atom is 0.0568 e. The van der Waals surface area contributed by atoms with Gasteiger partial charge in [0.05, 0.1) is 6.10 Å². The highest BCUT2D eigenvalue weighted by Gasteiger charge is 2.68. The van der Waals surface area contributed by atoms with E-state index in [1.54, 1.807) is 6.92 Å². The van der Waals surface area contributed by atoms with Crippen molar-refractivity contribution in [1.29, 1.82) is 0 Å². The quantitative estimate of drug-likeness (QED) is 0.472. The van der Waals surface area contributed by atoms with Gasteiger partial charge in [-0.15, -0.1) is 12.3 Å². The Balaban J connectivity index is 0.000000730. The highest BCUT2D eigenvalue weighted by atomic mass is 16.3. The third-order valence-electron chi connectivity index (χ3n) is 12.4. The second-order valence-electron chi connectivity index (χ2n) is 13.0. The van der Waals surface area contributed by atoms with E-state index in [0.717, 1.165) is 24.2 Å². The number of aliphatic hydroxyl groups is 2. The van der Waals surface area contributed by atoms with Gasteiger partial charge in [0.25, 0.3) is 0 Å². The summed E-state index contributed by atoms with van der Waals surface area (Å²) in [6.07, 6.45) is 18.8. The molecule has 9 unspecified atom stereocenters. The van der Waals surface area contributed by atoms with Crippen molar-refractivity contribution in [3.05, 3.63) is 0 Å². The summed E-state index contributed by atoms with van der Waals surface area (Å²) >= 11 is 0. The van der Waals surface area contributed by atoms with E-state index in [1.165, 1.54) is 64.2 Å². The molecule has 5 saturated carbocycles. The summed E-state index contributed by atoms with van der Waals surface area (Å²) in [5, 5.41) is 20.9. The van der Waals surface area contributed by atoms with Gasteiger partial charge in [0.2, 0.25) is 0 Å². The average molecular weight is 429 g/mol. The van der Waals surface area contributed by atoms with E-state index in [9.17, 15) is 10.2 Å². The molecule has 10 atom stereocenters. The van der Waals surface area contributed by atoms with Crippen LogP contribution in [0.4, 0.5) is 0 Å². The summed E-state index contributed by atoms with van der Waals surface area (Å²) in [5.41, 5.74) is 1.56.